The van der Waals surface area contributed by atoms with Crippen molar-refractivity contribution >= 4 is 10.0 Å². The van der Waals surface area contributed by atoms with Gasteiger partial charge in [0.05, 0.1) is 11.8 Å². The summed E-state index contributed by atoms with van der Waals surface area (Å²) in [5, 5.41) is 14.7. The van der Waals surface area contributed by atoms with Gasteiger partial charge in [-0.05, 0) is 19.3 Å². The second-order valence-electron chi connectivity index (χ2n) is 5.17. The Labute approximate surface area is 120 Å². The fourth-order valence-corrected chi connectivity index (χ4v) is 4.10. The lowest BCUT2D eigenvalue weighted by Gasteiger charge is -2.33. The van der Waals surface area contributed by atoms with Gasteiger partial charge in [0.2, 0.25) is 10.0 Å². The van der Waals surface area contributed by atoms with Gasteiger partial charge in [0.25, 0.3) is 5.66 Å². The molecule has 118 valence electrons. The molecule has 2 aliphatic heterocycles. The zero-order valence-corrected chi connectivity index (χ0v) is 12.0. The van der Waals surface area contributed by atoms with Gasteiger partial charge in [-0.25, -0.2) is 12.7 Å². The Kier molecular flexibility index (Phi) is 4.26. The van der Waals surface area contributed by atoms with Gasteiger partial charge in [0.15, 0.2) is 0 Å². The van der Waals surface area contributed by atoms with Crippen LogP contribution in [-0.4, -0.2) is 43.4 Å². The van der Waals surface area contributed by atoms with Gasteiger partial charge in [-0.1, -0.05) is 0 Å². The van der Waals surface area contributed by atoms with E-state index in [2.05, 4.69) is 10.2 Å². The van der Waals surface area contributed by atoms with E-state index in [9.17, 15) is 21.6 Å². The summed E-state index contributed by atoms with van der Waals surface area (Å²) in [5.74, 6) is -0.937. The topological polar surface area (TPSA) is 85.9 Å². The summed E-state index contributed by atoms with van der Waals surface area (Å²) in [6, 6.07) is 1.86. The minimum absolute atomic E-state index is 0.0441. The Bertz CT molecular complexity index is 553. The van der Waals surface area contributed by atoms with Crippen LogP contribution in [0.1, 0.15) is 25.7 Å². The lowest BCUT2D eigenvalue weighted by atomic mass is 9.87. The molecule has 21 heavy (non-hydrogen) atoms. The zero-order valence-electron chi connectivity index (χ0n) is 11.2. The molecule has 0 unspecified atom stereocenters. The highest BCUT2D eigenvalue weighted by Gasteiger charge is 2.68. The Hall–Kier alpha value is -1.21. The molecule has 0 aromatic carbocycles. The van der Waals surface area contributed by atoms with Crippen molar-refractivity contribution in [2.45, 2.75) is 37.5 Å². The molecule has 10 heteroatoms. The third kappa shape index (κ3) is 3.18. The van der Waals surface area contributed by atoms with E-state index in [0.29, 0.717) is 0 Å². The molecule has 0 bridgehead atoms. The molecule has 0 N–H and O–H groups in total. The molecule has 1 saturated heterocycles. The summed E-state index contributed by atoms with van der Waals surface area (Å²) in [6.45, 7) is 0.0881. The van der Waals surface area contributed by atoms with Crippen molar-refractivity contribution in [2.24, 2.45) is 16.1 Å². The van der Waals surface area contributed by atoms with Crippen LogP contribution in [0.5, 0.6) is 0 Å². The molecule has 0 spiro atoms. The largest absolute Gasteiger partial charge is 0.437 e. The molecule has 1 fully saturated rings. The lowest BCUT2D eigenvalue weighted by Crippen LogP contribution is -2.47. The average molecular weight is 324 g/mol. The number of unbranched alkanes of at least 4 members (excludes halogenated alkanes) is 1. The highest BCUT2D eigenvalue weighted by atomic mass is 32.2. The number of sulfonamides is 1. The first-order valence-electron chi connectivity index (χ1n) is 6.58. The van der Waals surface area contributed by atoms with Gasteiger partial charge in [-0.2, -0.15) is 18.4 Å². The standard InChI is InChI=1S/C11H15F3N4O2S/c12-11(13,14)10(16-17-10)9-3-6-18(7-4-9)21(19,20)8-2-1-5-15/h9H,1-4,6-8H2. The highest BCUT2D eigenvalue weighted by Crippen LogP contribution is 2.52. The second kappa shape index (κ2) is 5.53. The molecule has 2 rings (SSSR count). The smallest absolute Gasteiger partial charge is 0.212 e. The predicted molar refractivity (Wildman–Crippen MR) is 66.6 cm³/mol. The fraction of sp³-hybridized carbons (Fsp3) is 0.909. The summed E-state index contributed by atoms with van der Waals surface area (Å²) < 4.78 is 63.8. The van der Waals surface area contributed by atoms with Crippen molar-refractivity contribution in [3.8, 4) is 6.07 Å². The van der Waals surface area contributed by atoms with E-state index in [-0.39, 0.29) is 44.5 Å². The minimum Gasteiger partial charge on any atom is -0.212 e. The number of nitriles is 1. The maximum Gasteiger partial charge on any atom is 0.437 e. The van der Waals surface area contributed by atoms with Crippen molar-refractivity contribution in [1.82, 2.24) is 4.31 Å². The molecular formula is C11H15F3N4O2S. The third-order valence-corrected chi connectivity index (χ3v) is 5.80. The number of alkyl halides is 3. The van der Waals surface area contributed by atoms with Gasteiger partial charge in [0, 0.05) is 25.4 Å². The summed E-state index contributed by atoms with van der Waals surface area (Å²) in [5.41, 5.74) is -2.30. The maximum absolute atomic E-state index is 12.9. The van der Waals surface area contributed by atoms with E-state index < -0.39 is 27.8 Å². The van der Waals surface area contributed by atoms with Gasteiger partial charge in [-0.3, -0.25) is 0 Å². The molecule has 2 aliphatic rings. The van der Waals surface area contributed by atoms with Crippen LogP contribution >= 0.6 is 0 Å². The molecular weight excluding hydrogens is 309 g/mol. The molecule has 0 saturated carbocycles. The van der Waals surface area contributed by atoms with Gasteiger partial charge < -0.3 is 0 Å². The molecule has 0 aliphatic carbocycles. The number of halogens is 3. The van der Waals surface area contributed by atoms with Crippen LogP contribution in [0.15, 0.2) is 10.2 Å². The van der Waals surface area contributed by atoms with E-state index in [1.807, 2.05) is 6.07 Å². The van der Waals surface area contributed by atoms with E-state index in [1.165, 1.54) is 4.31 Å². The molecule has 0 amide bonds. The first kappa shape index (κ1) is 16.2. The van der Waals surface area contributed by atoms with Gasteiger partial charge in [-0.15, -0.1) is 10.2 Å². The van der Waals surface area contributed by atoms with Crippen LogP contribution in [0.2, 0.25) is 0 Å². The molecule has 0 atom stereocenters. The minimum atomic E-state index is -4.51. The highest BCUT2D eigenvalue weighted by molar-refractivity contribution is 7.89. The van der Waals surface area contributed by atoms with Crippen molar-refractivity contribution in [3.05, 3.63) is 0 Å². The summed E-state index contributed by atoms with van der Waals surface area (Å²) >= 11 is 0. The Morgan fingerprint density at radius 3 is 2.29 bits per heavy atom. The zero-order chi connectivity index (χ0) is 15.7. The van der Waals surface area contributed by atoms with Crippen molar-refractivity contribution in [1.29, 1.82) is 5.26 Å². The Morgan fingerprint density at radius 2 is 1.86 bits per heavy atom. The van der Waals surface area contributed by atoms with Crippen molar-refractivity contribution < 1.29 is 21.6 Å². The predicted octanol–water partition coefficient (Wildman–Crippen LogP) is 2.06. The van der Waals surface area contributed by atoms with Gasteiger partial charge in [0.1, 0.15) is 0 Å². The Balaban J connectivity index is 1.91. The first-order valence-corrected chi connectivity index (χ1v) is 8.19. The fourth-order valence-electron chi connectivity index (χ4n) is 2.56. The molecule has 0 aromatic rings. The number of piperidine rings is 1. The van der Waals surface area contributed by atoms with E-state index >= 15 is 0 Å². The quantitative estimate of drug-likeness (QED) is 0.725. The number of hydrogen-bond acceptors (Lipinski definition) is 5. The van der Waals surface area contributed by atoms with Crippen LogP contribution in [-0.2, 0) is 10.0 Å². The van der Waals surface area contributed by atoms with Crippen LogP contribution < -0.4 is 0 Å². The van der Waals surface area contributed by atoms with Crippen LogP contribution in [0, 0.1) is 17.2 Å². The SMILES string of the molecule is N#CCCCS(=O)(=O)N1CCC(C2(C(F)(F)F)N=N2)CC1. The van der Waals surface area contributed by atoms with E-state index in [0.717, 1.165) is 0 Å². The number of nitrogens with zero attached hydrogens (tertiary/aromatic N) is 4. The van der Waals surface area contributed by atoms with Crippen LogP contribution in [0.4, 0.5) is 13.2 Å². The Morgan fingerprint density at radius 1 is 1.29 bits per heavy atom. The number of hydrogen-bond donors (Lipinski definition) is 0. The molecule has 0 radical (unpaired) electrons. The van der Waals surface area contributed by atoms with Crippen molar-refractivity contribution in [3.63, 3.8) is 0 Å². The lowest BCUT2D eigenvalue weighted by molar-refractivity contribution is -0.179. The van der Waals surface area contributed by atoms with Crippen LogP contribution in [0.25, 0.3) is 0 Å². The van der Waals surface area contributed by atoms with Gasteiger partial charge >= 0.3 is 6.18 Å². The summed E-state index contributed by atoms with van der Waals surface area (Å²) in [6.07, 6.45) is -3.96. The summed E-state index contributed by atoms with van der Waals surface area (Å²) in [7, 11) is -3.50. The summed E-state index contributed by atoms with van der Waals surface area (Å²) in [4.78, 5) is 0. The second-order valence-corrected chi connectivity index (χ2v) is 7.26. The first-order chi connectivity index (χ1) is 9.73. The van der Waals surface area contributed by atoms with Crippen LogP contribution in [0.3, 0.4) is 0 Å². The van der Waals surface area contributed by atoms with E-state index in [4.69, 9.17) is 5.26 Å². The van der Waals surface area contributed by atoms with Crippen molar-refractivity contribution in [2.75, 3.05) is 18.8 Å². The maximum atomic E-state index is 12.9. The number of rotatable bonds is 5. The monoisotopic (exact) mass is 324 g/mol. The normalized spacial score (nSPS) is 23.0. The average Bonchev–Trinajstić information content (AvgIpc) is 3.20. The molecule has 0 aromatic heterocycles. The van der Waals surface area contributed by atoms with E-state index in [1.54, 1.807) is 0 Å². The third-order valence-electron chi connectivity index (χ3n) is 3.84. The molecule has 2 heterocycles. The molecule has 6 nitrogen and oxygen atoms in total.